The van der Waals surface area contributed by atoms with Crippen LogP contribution in [0.4, 0.5) is 4.79 Å². The van der Waals surface area contributed by atoms with Gasteiger partial charge in [-0.1, -0.05) is 54.6 Å². The van der Waals surface area contributed by atoms with Crippen LogP contribution in [0.5, 0.6) is 0 Å². The summed E-state index contributed by atoms with van der Waals surface area (Å²) in [4.78, 5) is 38.6. The molecule has 0 aliphatic carbocycles. The van der Waals surface area contributed by atoms with Crippen LogP contribution < -0.4 is 0 Å². The number of carbonyl (C=O) groups excluding carboxylic acids is 3. The van der Waals surface area contributed by atoms with E-state index < -0.39 is 17.1 Å². The van der Waals surface area contributed by atoms with Gasteiger partial charge in [-0.2, -0.15) is 0 Å². The predicted octanol–water partition coefficient (Wildman–Crippen LogP) is 5.83. The summed E-state index contributed by atoms with van der Waals surface area (Å²) in [7, 11) is 0. The van der Waals surface area contributed by atoms with E-state index in [1.54, 1.807) is 19.9 Å². The highest BCUT2D eigenvalue weighted by atomic mass is 32.2. The second kappa shape index (κ2) is 9.43. The first-order chi connectivity index (χ1) is 16.9. The number of fused-ring (bicyclic) bond motifs is 2. The third-order valence-corrected chi connectivity index (χ3v) is 6.71. The summed E-state index contributed by atoms with van der Waals surface area (Å²) < 4.78 is 7.24. The number of hydrogen-bond donors (Lipinski definition) is 0. The van der Waals surface area contributed by atoms with Crippen LogP contribution in [0, 0.1) is 0 Å². The summed E-state index contributed by atoms with van der Waals surface area (Å²) in [6.45, 7) is 3.73. The first kappa shape index (κ1) is 22.9. The van der Waals surface area contributed by atoms with Crippen molar-refractivity contribution in [2.24, 2.45) is 0 Å². The van der Waals surface area contributed by atoms with E-state index in [4.69, 9.17) is 4.74 Å². The van der Waals surface area contributed by atoms with Gasteiger partial charge >= 0.3 is 5.97 Å². The highest BCUT2D eigenvalue weighted by Gasteiger charge is 2.37. The highest BCUT2D eigenvalue weighted by molar-refractivity contribution is 8.18. The molecule has 3 aromatic carbocycles. The summed E-state index contributed by atoms with van der Waals surface area (Å²) >= 11 is 0.842. The Morgan fingerprint density at radius 3 is 2.54 bits per heavy atom. The van der Waals surface area contributed by atoms with Crippen LogP contribution in [0.15, 0.2) is 77.8 Å². The molecule has 1 aliphatic rings. The Balaban J connectivity index is 1.44. The zero-order valence-electron chi connectivity index (χ0n) is 19.4. The molecule has 2 heterocycles. The van der Waals surface area contributed by atoms with Gasteiger partial charge in [0.25, 0.3) is 11.1 Å². The largest absolute Gasteiger partial charge is 0.462 e. The molecule has 0 unspecified atom stereocenters. The molecule has 0 atom stereocenters. The van der Waals surface area contributed by atoms with E-state index in [-0.39, 0.29) is 12.6 Å². The Morgan fingerprint density at radius 1 is 1.00 bits per heavy atom. The molecule has 1 aliphatic heterocycles. The van der Waals surface area contributed by atoms with Crippen molar-refractivity contribution >= 4 is 56.6 Å². The maximum atomic E-state index is 12.9. The van der Waals surface area contributed by atoms with E-state index in [0.717, 1.165) is 33.1 Å². The van der Waals surface area contributed by atoms with Crippen molar-refractivity contribution < 1.29 is 19.1 Å². The lowest BCUT2D eigenvalue weighted by atomic mass is 10.1. The average Bonchev–Trinajstić information content (AvgIpc) is 3.30. The molecule has 7 heteroatoms. The number of hydrogen-bond acceptors (Lipinski definition) is 5. The van der Waals surface area contributed by atoms with E-state index >= 15 is 0 Å². The number of rotatable bonds is 6. The lowest BCUT2D eigenvalue weighted by molar-refractivity contribution is -0.149. The number of carbonyl (C=O) groups is 3. The van der Waals surface area contributed by atoms with Crippen LogP contribution in [-0.2, 0) is 20.9 Å². The third-order valence-electron chi connectivity index (χ3n) is 5.80. The second-order valence-corrected chi connectivity index (χ2v) is 9.71. The monoisotopic (exact) mass is 484 g/mol. The van der Waals surface area contributed by atoms with E-state index in [2.05, 4.69) is 34.9 Å². The van der Waals surface area contributed by atoms with Gasteiger partial charge in [0.15, 0.2) is 0 Å². The van der Waals surface area contributed by atoms with Crippen LogP contribution in [0.2, 0.25) is 0 Å². The van der Waals surface area contributed by atoms with Gasteiger partial charge < -0.3 is 9.30 Å². The molecule has 176 valence electrons. The first-order valence-corrected chi connectivity index (χ1v) is 12.2. The molecule has 1 saturated heterocycles. The van der Waals surface area contributed by atoms with E-state index in [9.17, 15) is 14.4 Å². The Hall–Kier alpha value is -3.84. The van der Waals surface area contributed by atoms with Crippen molar-refractivity contribution in [3.63, 3.8) is 0 Å². The number of thioether (sulfide) groups is 1. The number of aromatic nitrogens is 1. The number of amides is 2. The quantitative estimate of drug-likeness (QED) is 0.254. The fraction of sp³-hybridized carbons (Fsp3) is 0.179. The summed E-state index contributed by atoms with van der Waals surface area (Å²) in [6, 6.07) is 22.7. The fourth-order valence-corrected chi connectivity index (χ4v) is 5.09. The van der Waals surface area contributed by atoms with Gasteiger partial charge in [-0.05, 0) is 60.2 Å². The number of imide groups is 1. The minimum Gasteiger partial charge on any atom is -0.462 e. The van der Waals surface area contributed by atoms with Gasteiger partial charge in [0.05, 0.1) is 11.0 Å². The lowest BCUT2D eigenvalue weighted by Crippen LogP contribution is -2.35. The van der Waals surface area contributed by atoms with Gasteiger partial charge in [-0.25, -0.2) is 0 Å². The number of esters is 1. The molecule has 6 nitrogen and oxygen atoms in total. The summed E-state index contributed by atoms with van der Waals surface area (Å²) in [5.74, 6) is -1.08. The highest BCUT2D eigenvalue weighted by Crippen LogP contribution is 2.34. The Kier molecular flexibility index (Phi) is 6.17. The fourth-order valence-electron chi connectivity index (χ4n) is 4.26. The molecule has 0 bridgehead atoms. The molecule has 4 aromatic rings. The van der Waals surface area contributed by atoms with Crippen LogP contribution in [-0.4, -0.2) is 39.2 Å². The van der Waals surface area contributed by atoms with Crippen LogP contribution in [0.3, 0.4) is 0 Å². The number of nitrogens with zero attached hydrogens (tertiary/aromatic N) is 2. The smallest absolute Gasteiger partial charge is 0.326 e. The number of benzene rings is 3. The van der Waals surface area contributed by atoms with Gasteiger partial charge in [0.1, 0.15) is 6.54 Å². The Labute approximate surface area is 207 Å². The molecule has 2 amide bonds. The molecule has 0 N–H and O–H groups in total. The molecule has 35 heavy (non-hydrogen) atoms. The summed E-state index contributed by atoms with van der Waals surface area (Å²) in [6.07, 6.45) is 3.42. The Bertz CT molecular complexity index is 1500. The van der Waals surface area contributed by atoms with Crippen molar-refractivity contribution in [3.8, 4) is 0 Å². The minimum atomic E-state index is -0.601. The van der Waals surface area contributed by atoms with Crippen LogP contribution in [0.1, 0.15) is 25.0 Å². The molecule has 0 saturated carbocycles. The molecule has 0 spiro atoms. The molecular weight excluding hydrogens is 460 g/mol. The van der Waals surface area contributed by atoms with Crippen molar-refractivity contribution in [2.75, 3.05) is 6.54 Å². The van der Waals surface area contributed by atoms with Gasteiger partial charge in [0.2, 0.25) is 0 Å². The average molecular weight is 485 g/mol. The zero-order chi connectivity index (χ0) is 24.5. The third kappa shape index (κ3) is 4.72. The van der Waals surface area contributed by atoms with Gasteiger partial charge in [-0.15, -0.1) is 0 Å². The predicted molar refractivity (Wildman–Crippen MR) is 139 cm³/mol. The molecule has 1 fully saturated rings. The maximum absolute atomic E-state index is 12.9. The van der Waals surface area contributed by atoms with Crippen LogP contribution in [0.25, 0.3) is 27.8 Å². The second-order valence-electron chi connectivity index (χ2n) is 8.72. The zero-order valence-corrected chi connectivity index (χ0v) is 20.2. The van der Waals surface area contributed by atoms with E-state index in [1.807, 2.05) is 42.6 Å². The maximum Gasteiger partial charge on any atom is 0.326 e. The number of ether oxygens (including phenoxy) is 1. The van der Waals surface area contributed by atoms with E-state index in [0.29, 0.717) is 11.4 Å². The molecular formula is C28H24N2O4S. The van der Waals surface area contributed by atoms with E-state index in [1.165, 1.54) is 16.3 Å². The SMILES string of the molecule is CC(C)OC(=O)CN1C(=O)S/C(=C\c2cn(Cc3ccc4ccccc4c3)c3ccccc23)C1=O. The lowest BCUT2D eigenvalue weighted by Gasteiger charge is -2.13. The van der Waals surface area contributed by atoms with Crippen molar-refractivity contribution in [2.45, 2.75) is 26.5 Å². The molecule has 1 aromatic heterocycles. The normalized spacial score (nSPS) is 15.2. The Morgan fingerprint density at radius 2 is 1.74 bits per heavy atom. The van der Waals surface area contributed by atoms with Crippen LogP contribution >= 0.6 is 11.8 Å². The number of para-hydroxylation sites is 1. The summed E-state index contributed by atoms with van der Waals surface area (Å²) in [5.41, 5.74) is 3.04. The van der Waals surface area contributed by atoms with Crippen molar-refractivity contribution in [1.29, 1.82) is 0 Å². The van der Waals surface area contributed by atoms with Gasteiger partial charge in [0, 0.05) is 29.2 Å². The van der Waals surface area contributed by atoms with Crippen molar-refractivity contribution in [3.05, 3.63) is 89.0 Å². The minimum absolute atomic E-state index is 0.293. The van der Waals surface area contributed by atoms with Crippen molar-refractivity contribution in [1.82, 2.24) is 9.47 Å². The van der Waals surface area contributed by atoms with Gasteiger partial charge in [-0.3, -0.25) is 19.3 Å². The summed E-state index contributed by atoms with van der Waals surface area (Å²) in [5, 5.41) is 2.90. The standard InChI is InChI=1S/C28H24N2O4S/c1-18(2)34-26(31)17-30-27(32)25(35-28(30)33)14-22-16-29(24-10-6-5-9-23(22)24)15-19-11-12-20-7-3-4-8-21(20)13-19/h3-14,16,18H,15,17H2,1-2H3/b25-14-. The molecule has 0 radical (unpaired) electrons. The topological polar surface area (TPSA) is 68.6 Å². The molecule has 5 rings (SSSR count). The first-order valence-electron chi connectivity index (χ1n) is 11.4.